The first kappa shape index (κ1) is 15.6. The molecule has 110 valence electrons. The maximum absolute atomic E-state index is 12.3. The first-order valence-electron chi connectivity index (χ1n) is 5.68. The highest BCUT2D eigenvalue weighted by Gasteiger charge is 2.18. The van der Waals surface area contributed by atoms with E-state index in [4.69, 9.17) is 28.9 Å². The van der Waals surface area contributed by atoms with Gasteiger partial charge in [-0.2, -0.15) is 0 Å². The molecule has 0 aliphatic carbocycles. The zero-order valence-electron chi connectivity index (χ0n) is 10.5. The zero-order chi connectivity index (χ0) is 15.6. The Hall–Kier alpha value is -1.76. The van der Waals surface area contributed by atoms with Crippen LogP contribution >= 0.6 is 23.2 Å². The topological polar surface area (TPSA) is 89.3 Å². The van der Waals surface area contributed by atoms with E-state index in [0.717, 1.165) is 0 Å². The predicted octanol–water partition coefficient (Wildman–Crippen LogP) is 2.89. The van der Waals surface area contributed by atoms with E-state index < -0.39 is 15.9 Å². The van der Waals surface area contributed by atoms with Gasteiger partial charge in [0.05, 0.1) is 26.2 Å². The number of primary amides is 1. The fraction of sp³-hybridized carbons (Fsp3) is 0. The molecule has 0 spiro atoms. The minimum atomic E-state index is -3.91. The van der Waals surface area contributed by atoms with Crippen LogP contribution in [0.4, 0.5) is 5.69 Å². The van der Waals surface area contributed by atoms with E-state index >= 15 is 0 Å². The number of nitrogens with one attached hydrogen (secondary N) is 1. The quantitative estimate of drug-likeness (QED) is 0.893. The van der Waals surface area contributed by atoms with Crippen molar-refractivity contribution in [1.82, 2.24) is 0 Å². The van der Waals surface area contributed by atoms with Gasteiger partial charge in [0.2, 0.25) is 0 Å². The van der Waals surface area contributed by atoms with Gasteiger partial charge in [0.15, 0.2) is 0 Å². The molecule has 0 aromatic heterocycles. The van der Waals surface area contributed by atoms with Gasteiger partial charge in [0.25, 0.3) is 15.9 Å². The van der Waals surface area contributed by atoms with Crippen LogP contribution in [-0.2, 0) is 10.0 Å². The maximum atomic E-state index is 12.3. The third-order valence-corrected chi connectivity index (χ3v) is 4.74. The third-order valence-electron chi connectivity index (χ3n) is 2.64. The summed E-state index contributed by atoms with van der Waals surface area (Å²) in [4.78, 5) is 11.2. The van der Waals surface area contributed by atoms with Gasteiger partial charge in [-0.05, 0) is 30.3 Å². The average molecular weight is 345 g/mol. The highest BCUT2D eigenvalue weighted by atomic mass is 35.5. The Morgan fingerprint density at radius 2 is 1.71 bits per heavy atom. The molecule has 0 aliphatic heterocycles. The van der Waals surface area contributed by atoms with Crippen molar-refractivity contribution in [3.8, 4) is 0 Å². The van der Waals surface area contributed by atoms with Gasteiger partial charge in [-0.1, -0.05) is 35.3 Å². The molecule has 0 bridgehead atoms. The molecule has 2 aromatic rings. The summed E-state index contributed by atoms with van der Waals surface area (Å²) in [5.74, 6) is -0.734. The van der Waals surface area contributed by atoms with Crippen molar-refractivity contribution < 1.29 is 13.2 Å². The number of rotatable bonds is 4. The van der Waals surface area contributed by atoms with E-state index in [1.165, 1.54) is 30.3 Å². The molecule has 2 aromatic carbocycles. The number of carbonyl (C=O) groups excluding carboxylic acids is 1. The third kappa shape index (κ3) is 3.47. The number of nitrogens with two attached hydrogens (primary N) is 1. The minimum absolute atomic E-state index is 0.0705. The van der Waals surface area contributed by atoms with Gasteiger partial charge in [0, 0.05) is 0 Å². The normalized spacial score (nSPS) is 11.1. The Labute approximate surface area is 131 Å². The molecule has 21 heavy (non-hydrogen) atoms. The Kier molecular flexibility index (Phi) is 4.41. The van der Waals surface area contributed by atoms with Crippen LogP contribution < -0.4 is 10.5 Å². The maximum Gasteiger partial charge on any atom is 0.261 e. The van der Waals surface area contributed by atoms with Crippen LogP contribution in [-0.4, -0.2) is 14.3 Å². The highest BCUT2D eigenvalue weighted by Crippen LogP contribution is 2.26. The smallest absolute Gasteiger partial charge is 0.261 e. The zero-order valence-corrected chi connectivity index (χ0v) is 12.8. The van der Waals surface area contributed by atoms with Crippen LogP contribution in [0.5, 0.6) is 0 Å². The fourth-order valence-corrected chi connectivity index (χ4v) is 3.10. The molecule has 0 saturated heterocycles. The number of anilines is 1. The van der Waals surface area contributed by atoms with Crippen LogP contribution in [0.3, 0.4) is 0 Å². The van der Waals surface area contributed by atoms with Crippen LogP contribution in [0, 0.1) is 0 Å². The molecular weight excluding hydrogens is 335 g/mol. The van der Waals surface area contributed by atoms with Gasteiger partial charge in [-0.3, -0.25) is 9.52 Å². The number of hydrogen-bond acceptors (Lipinski definition) is 3. The molecule has 2 rings (SSSR count). The Morgan fingerprint density at radius 3 is 2.33 bits per heavy atom. The first-order valence-corrected chi connectivity index (χ1v) is 7.92. The van der Waals surface area contributed by atoms with E-state index in [-0.39, 0.29) is 26.2 Å². The molecule has 5 nitrogen and oxygen atoms in total. The van der Waals surface area contributed by atoms with Crippen molar-refractivity contribution in [2.24, 2.45) is 5.73 Å². The number of sulfonamides is 1. The van der Waals surface area contributed by atoms with Crippen LogP contribution in [0.1, 0.15) is 10.4 Å². The van der Waals surface area contributed by atoms with Crippen LogP contribution in [0.25, 0.3) is 0 Å². The molecule has 0 atom stereocenters. The van der Waals surface area contributed by atoms with Crippen molar-refractivity contribution >= 4 is 44.8 Å². The number of halogens is 2. The summed E-state index contributed by atoms with van der Waals surface area (Å²) >= 11 is 11.6. The lowest BCUT2D eigenvalue weighted by Gasteiger charge is -2.11. The molecule has 3 N–H and O–H groups in total. The second kappa shape index (κ2) is 5.93. The molecule has 0 saturated carbocycles. The molecule has 0 fully saturated rings. The summed E-state index contributed by atoms with van der Waals surface area (Å²) < 4.78 is 26.9. The highest BCUT2D eigenvalue weighted by molar-refractivity contribution is 7.92. The lowest BCUT2D eigenvalue weighted by atomic mass is 10.2. The number of benzene rings is 2. The van der Waals surface area contributed by atoms with Gasteiger partial charge in [-0.15, -0.1) is 0 Å². The van der Waals surface area contributed by atoms with E-state index in [1.54, 1.807) is 12.1 Å². The van der Waals surface area contributed by atoms with Crippen molar-refractivity contribution in [3.63, 3.8) is 0 Å². The van der Waals surface area contributed by atoms with E-state index in [2.05, 4.69) is 4.72 Å². The summed E-state index contributed by atoms with van der Waals surface area (Å²) in [5, 5.41) is 0.357. The lowest BCUT2D eigenvalue weighted by Crippen LogP contribution is -2.18. The second-order valence-corrected chi connectivity index (χ2v) is 6.59. The lowest BCUT2D eigenvalue weighted by molar-refractivity contribution is 0.100. The SMILES string of the molecule is NC(=O)c1ccccc1NS(=O)(=O)c1ccc(Cl)c(Cl)c1. The molecule has 0 heterocycles. The molecule has 8 heteroatoms. The Morgan fingerprint density at radius 1 is 1.05 bits per heavy atom. The predicted molar refractivity (Wildman–Crippen MR) is 82.2 cm³/mol. The standard InChI is InChI=1S/C13H10Cl2N2O3S/c14-10-6-5-8(7-11(10)15)21(19,20)17-12-4-2-1-3-9(12)13(16)18/h1-7,17H,(H2,16,18). The Balaban J connectivity index is 2.42. The summed E-state index contributed by atoms with van der Waals surface area (Å²) in [6.45, 7) is 0. The van der Waals surface area contributed by atoms with Gasteiger partial charge in [-0.25, -0.2) is 8.42 Å². The van der Waals surface area contributed by atoms with E-state index in [9.17, 15) is 13.2 Å². The monoisotopic (exact) mass is 344 g/mol. The number of carbonyl (C=O) groups is 1. The summed E-state index contributed by atoms with van der Waals surface area (Å²) in [6.07, 6.45) is 0. The van der Waals surface area contributed by atoms with Crippen molar-refractivity contribution in [3.05, 3.63) is 58.1 Å². The number of hydrogen-bond donors (Lipinski definition) is 2. The van der Waals surface area contributed by atoms with Gasteiger partial charge in [0.1, 0.15) is 0 Å². The molecule has 0 unspecified atom stereocenters. The largest absolute Gasteiger partial charge is 0.366 e. The minimum Gasteiger partial charge on any atom is -0.366 e. The summed E-state index contributed by atoms with van der Waals surface area (Å²) in [7, 11) is -3.91. The molecular formula is C13H10Cl2N2O3S. The van der Waals surface area contributed by atoms with E-state index in [1.807, 2.05) is 0 Å². The first-order chi connectivity index (χ1) is 9.81. The second-order valence-electron chi connectivity index (χ2n) is 4.09. The van der Waals surface area contributed by atoms with Gasteiger partial charge >= 0.3 is 0 Å². The summed E-state index contributed by atoms with van der Waals surface area (Å²) in [6, 6.07) is 9.93. The van der Waals surface area contributed by atoms with Crippen molar-refractivity contribution in [2.75, 3.05) is 4.72 Å². The van der Waals surface area contributed by atoms with Crippen LogP contribution in [0.2, 0.25) is 10.0 Å². The molecule has 0 radical (unpaired) electrons. The molecule has 0 aliphatic rings. The van der Waals surface area contributed by atoms with Crippen molar-refractivity contribution in [1.29, 1.82) is 0 Å². The molecule has 1 amide bonds. The summed E-state index contributed by atoms with van der Waals surface area (Å²) in [5.41, 5.74) is 5.37. The van der Waals surface area contributed by atoms with Crippen molar-refractivity contribution in [2.45, 2.75) is 4.90 Å². The number of para-hydroxylation sites is 1. The van der Waals surface area contributed by atoms with Gasteiger partial charge < -0.3 is 5.73 Å². The number of amides is 1. The Bertz CT molecular complexity index is 807. The van der Waals surface area contributed by atoms with Crippen LogP contribution in [0.15, 0.2) is 47.4 Å². The van der Waals surface area contributed by atoms with E-state index in [0.29, 0.717) is 0 Å². The average Bonchev–Trinajstić information content (AvgIpc) is 2.41. The fourth-order valence-electron chi connectivity index (χ4n) is 1.63.